The van der Waals surface area contributed by atoms with Gasteiger partial charge in [-0.15, -0.1) is 0 Å². The third-order valence-electron chi connectivity index (χ3n) is 4.62. The molecule has 4 nitrogen and oxygen atoms in total. The van der Waals surface area contributed by atoms with E-state index in [1.807, 2.05) is 18.2 Å². The predicted octanol–water partition coefficient (Wildman–Crippen LogP) is 2.73. The van der Waals surface area contributed by atoms with Crippen LogP contribution in [0.1, 0.15) is 53.6 Å². The molecular weight excluding hydrogens is 278 g/mol. The Morgan fingerprint density at radius 2 is 1.68 bits per heavy atom. The molecule has 1 aliphatic heterocycles. The van der Waals surface area contributed by atoms with E-state index in [-0.39, 0.29) is 12.5 Å². The van der Waals surface area contributed by atoms with Crippen LogP contribution >= 0.6 is 0 Å². The van der Waals surface area contributed by atoms with E-state index in [2.05, 4.69) is 0 Å². The number of piperidine rings is 1. The summed E-state index contributed by atoms with van der Waals surface area (Å²) in [4.78, 5) is 25.9. The average Bonchev–Trinajstić information content (AvgIpc) is 2.59. The summed E-state index contributed by atoms with van der Waals surface area (Å²) < 4.78 is 5.20. The van der Waals surface area contributed by atoms with Gasteiger partial charge in [0.1, 0.15) is 0 Å². The van der Waals surface area contributed by atoms with Crippen LogP contribution in [0.3, 0.4) is 0 Å². The standard InChI is InChI=1S/C18H23NO3/c20-17(19-10-4-1-5-11-19)13-22-18(21)16-9-8-14-6-2-3-7-15(14)12-16/h8-9,12H,1-7,10-11,13H2. The zero-order valence-corrected chi connectivity index (χ0v) is 13.0. The minimum absolute atomic E-state index is 0.0778. The quantitative estimate of drug-likeness (QED) is 0.807. The molecule has 0 spiro atoms. The van der Waals surface area contributed by atoms with Crippen LogP contribution in [0.5, 0.6) is 0 Å². The monoisotopic (exact) mass is 301 g/mol. The van der Waals surface area contributed by atoms with E-state index in [0.29, 0.717) is 5.56 Å². The Bertz CT molecular complexity index is 561. The maximum absolute atomic E-state index is 12.1. The topological polar surface area (TPSA) is 46.6 Å². The lowest BCUT2D eigenvalue weighted by Gasteiger charge is -2.26. The van der Waals surface area contributed by atoms with Gasteiger partial charge in [0.15, 0.2) is 6.61 Å². The molecule has 1 saturated heterocycles. The minimum Gasteiger partial charge on any atom is -0.452 e. The van der Waals surface area contributed by atoms with Crippen LogP contribution < -0.4 is 0 Å². The first-order valence-electron chi connectivity index (χ1n) is 8.31. The molecule has 0 saturated carbocycles. The number of benzene rings is 1. The number of hydrogen-bond acceptors (Lipinski definition) is 3. The van der Waals surface area contributed by atoms with Gasteiger partial charge in [-0.3, -0.25) is 4.79 Å². The van der Waals surface area contributed by atoms with E-state index in [9.17, 15) is 9.59 Å². The molecule has 1 amide bonds. The summed E-state index contributed by atoms with van der Waals surface area (Å²) in [5.74, 6) is -0.468. The Balaban J connectivity index is 1.56. The van der Waals surface area contributed by atoms with Gasteiger partial charge in [0, 0.05) is 13.1 Å². The number of esters is 1. The van der Waals surface area contributed by atoms with Crippen LogP contribution in [-0.2, 0) is 22.4 Å². The van der Waals surface area contributed by atoms with Gasteiger partial charge < -0.3 is 9.64 Å². The molecule has 0 atom stereocenters. The molecule has 1 fully saturated rings. The van der Waals surface area contributed by atoms with Gasteiger partial charge in [-0.2, -0.15) is 0 Å². The molecule has 0 bridgehead atoms. The van der Waals surface area contributed by atoms with Crippen molar-refractivity contribution in [2.75, 3.05) is 19.7 Å². The van der Waals surface area contributed by atoms with Crippen LogP contribution in [0.2, 0.25) is 0 Å². The molecule has 3 rings (SSSR count). The molecule has 118 valence electrons. The van der Waals surface area contributed by atoms with Gasteiger partial charge in [-0.05, 0) is 68.2 Å². The number of ether oxygens (including phenoxy) is 1. The average molecular weight is 301 g/mol. The van der Waals surface area contributed by atoms with Gasteiger partial charge >= 0.3 is 5.97 Å². The normalized spacial score (nSPS) is 17.7. The highest BCUT2D eigenvalue weighted by Crippen LogP contribution is 2.22. The lowest BCUT2D eigenvalue weighted by molar-refractivity contribution is -0.135. The summed E-state index contributed by atoms with van der Waals surface area (Å²) in [6.07, 6.45) is 7.80. The Morgan fingerprint density at radius 1 is 0.955 bits per heavy atom. The molecule has 0 N–H and O–H groups in total. The van der Waals surface area contributed by atoms with Crippen molar-refractivity contribution in [2.24, 2.45) is 0 Å². The summed E-state index contributed by atoms with van der Waals surface area (Å²) in [6, 6.07) is 5.78. The second-order valence-corrected chi connectivity index (χ2v) is 6.21. The molecule has 4 heteroatoms. The van der Waals surface area contributed by atoms with Crippen LogP contribution in [-0.4, -0.2) is 36.5 Å². The number of carbonyl (C=O) groups is 2. The van der Waals surface area contributed by atoms with Gasteiger partial charge in [-0.25, -0.2) is 4.79 Å². The summed E-state index contributed by atoms with van der Waals surface area (Å²) in [6.45, 7) is 1.43. The van der Waals surface area contributed by atoms with E-state index in [0.717, 1.165) is 38.8 Å². The Kier molecular flexibility index (Phi) is 4.76. The van der Waals surface area contributed by atoms with E-state index >= 15 is 0 Å². The largest absolute Gasteiger partial charge is 0.452 e. The minimum atomic E-state index is -0.390. The number of rotatable bonds is 3. The fourth-order valence-corrected chi connectivity index (χ4v) is 3.31. The molecule has 1 heterocycles. The van der Waals surface area contributed by atoms with E-state index in [1.165, 1.54) is 30.4 Å². The highest BCUT2D eigenvalue weighted by Gasteiger charge is 2.19. The number of likely N-dealkylation sites (tertiary alicyclic amines) is 1. The molecule has 1 aromatic rings. The van der Waals surface area contributed by atoms with E-state index < -0.39 is 5.97 Å². The number of amides is 1. The van der Waals surface area contributed by atoms with Gasteiger partial charge in [0.2, 0.25) is 0 Å². The Labute approximate surface area is 131 Å². The zero-order chi connectivity index (χ0) is 15.4. The third-order valence-corrected chi connectivity index (χ3v) is 4.62. The molecule has 0 unspecified atom stereocenters. The van der Waals surface area contributed by atoms with Crippen LogP contribution in [0.15, 0.2) is 18.2 Å². The lowest BCUT2D eigenvalue weighted by Crippen LogP contribution is -2.38. The third kappa shape index (κ3) is 3.49. The summed E-state index contributed by atoms with van der Waals surface area (Å²) >= 11 is 0. The van der Waals surface area contributed by atoms with Crippen molar-refractivity contribution in [3.8, 4) is 0 Å². The molecule has 1 aliphatic carbocycles. The number of fused-ring (bicyclic) bond motifs is 1. The number of hydrogen-bond donors (Lipinski definition) is 0. The molecule has 0 radical (unpaired) electrons. The fourth-order valence-electron chi connectivity index (χ4n) is 3.31. The first-order chi connectivity index (χ1) is 10.7. The fraction of sp³-hybridized carbons (Fsp3) is 0.556. The van der Waals surface area contributed by atoms with Gasteiger partial charge in [-0.1, -0.05) is 6.07 Å². The molecule has 2 aliphatic rings. The molecule has 0 aromatic heterocycles. The Hall–Kier alpha value is -1.84. The number of carbonyl (C=O) groups excluding carboxylic acids is 2. The Morgan fingerprint density at radius 3 is 2.45 bits per heavy atom. The van der Waals surface area contributed by atoms with Crippen molar-refractivity contribution in [1.29, 1.82) is 0 Å². The van der Waals surface area contributed by atoms with Crippen molar-refractivity contribution in [3.05, 3.63) is 34.9 Å². The first-order valence-corrected chi connectivity index (χ1v) is 8.31. The first kappa shape index (κ1) is 15.1. The number of nitrogens with zero attached hydrogens (tertiary/aromatic N) is 1. The van der Waals surface area contributed by atoms with Crippen molar-refractivity contribution < 1.29 is 14.3 Å². The van der Waals surface area contributed by atoms with Crippen molar-refractivity contribution in [3.63, 3.8) is 0 Å². The summed E-state index contributed by atoms with van der Waals surface area (Å²) in [5.41, 5.74) is 3.15. The zero-order valence-electron chi connectivity index (χ0n) is 13.0. The van der Waals surface area contributed by atoms with Crippen LogP contribution in [0.25, 0.3) is 0 Å². The maximum Gasteiger partial charge on any atom is 0.338 e. The second kappa shape index (κ2) is 6.95. The number of aryl methyl sites for hydroxylation is 2. The smallest absolute Gasteiger partial charge is 0.338 e. The van der Waals surface area contributed by atoms with Crippen LogP contribution in [0.4, 0.5) is 0 Å². The molecule has 22 heavy (non-hydrogen) atoms. The highest BCUT2D eigenvalue weighted by atomic mass is 16.5. The summed E-state index contributed by atoms with van der Waals surface area (Å²) in [7, 11) is 0. The van der Waals surface area contributed by atoms with Gasteiger partial charge in [0.25, 0.3) is 5.91 Å². The van der Waals surface area contributed by atoms with Gasteiger partial charge in [0.05, 0.1) is 5.56 Å². The van der Waals surface area contributed by atoms with E-state index in [1.54, 1.807) is 4.90 Å². The van der Waals surface area contributed by atoms with Crippen molar-refractivity contribution in [1.82, 2.24) is 4.90 Å². The highest BCUT2D eigenvalue weighted by molar-refractivity contribution is 5.91. The SMILES string of the molecule is O=C(OCC(=O)N1CCCCC1)c1ccc2c(c1)CCCC2. The van der Waals surface area contributed by atoms with E-state index in [4.69, 9.17) is 4.74 Å². The molecule has 1 aromatic carbocycles. The predicted molar refractivity (Wildman–Crippen MR) is 83.8 cm³/mol. The van der Waals surface area contributed by atoms with Crippen LogP contribution in [0, 0.1) is 0 Å². The summed E-state index contributed by atoms with van der Waals surface area (Å²) in [5, 5.41) is 0. The second-order valence-electron chi connectivity index (χ2n) is 6.21. The maximum atomic E-state index is 12.1. The van der Waals surface area contributed by atoms with Crippen molar-refractivity contribution in [2.45, 2.75) is 44.9 Å². The molecular formula is C18H23NO3. The van der Waals surface area contributed by atoms with Crippen molar-refractivity contribution >= 4 is 11.9 Å². The lowest BCUT2D eigenvalue weighted by atomic mass is 9.90.